The zero-order valence-electron chi connectivity index (χ0n) is 20.5. The van der Waals surface area contributed by atoms with Gasteiger partial charge >= 0.3 is 0 Å². The normalized spacial score (nSPS) is 11.3. The van der Waals surface area contributed by atoms with Gasteiger partial charge in [-0.05, 0) is 29.3 Å². The zero-order valence-corrected chi connectivity index (χ0v) is 20.5. The van der Waals surface area contributed by atoms with Gasteiger partial charge in [0.15, 0.2) is 23.0 Å². The van der Waals surface area contributed by atoms with Crippen molar-refractivity contribution >= 4 is 16.7 Å². The van der Waals surface area contributed by atoms with E-state index in [2.05, 4.69) is 28.8 Å². The predicted molar refractivity (Wildman–Crippen MR) is 143 cm³/mol. The molecule has 0 spiro atoms. The molecule has 3 aromatic carbocycles. The predicted octanol–water partition coefficient (Wildman–Crippen LogP) is 5.09. The Bertz CT molecular complexity index is 1710. The molecule has 0 unspecified atom stereocenters. The van der Waals surface area contributed by atoms with Crippen molar-refractivity contribution in [2.24, 2.45) is 0 Å². The molecule has 184 valence electrons. The molecule has 0 aliphatic rings. The highest BCUT2D eigenvalue weighted by atomic mass is 16.5. The van der Waals surface area contributed by atoms with Crippen LogP contribution in [0.15, 0.2) is 85.2 Å². The van der Waals surface area contributed by atoms with E-state index in [0.717, 1.165) is 39.0 Å². The Balaban J connectivity index is 1.68. The summed E-state index contributed by atoms with van der Waals surface area (Å²) in [4.78, 5) is 9.77. The number of fused-ring (bicyclic) bond motifs is 3. The third-order valence-corrected chi connectivity index (χ3v) is 6.46. The molecule has 8 heteroatoms. The third kappa shape index (κ3) is 3.78. The summed E-state index contributed by atoms with van der Waals surface area (Å²) in [6.45, 7) is 0.377. The first-order chi connectivity index (χ1) is 18.2. The molecule has 8 nitrogen and oxygen atoms in total. The SMILES string of the molecule is COc1ccc(-c2nc3c4c(-c5ccccc5)c(-c5ccccc5)n(CCO)c4ncn3n2)cc1OC. The first kappa shape index (κ1) is 22.8. The van der Waals surface area contributed by atoms with Crippen molar-refractivity contribution in [1.82, 2.24) is 24.1 Å². The summed E-state index contributed by atoms with van der Waals surface area (Å²) >= 11 is 0. The Kier molecular flexibility index (Phi) is 5.78. The van der Waals surface area contributed by atoms with E-state index >= 15 is 0 Å². The van der Waals surface area contributed by atoms with Gasteiger partial charge in [-0.1, -0.05) is 60.7 Å². The summed E-state index contributed by atoms with van der Waals surface area (Å²) in [5.41, 5.74) is 6.27. The Morgan fingerprint density at radius 1 is 0.784 bits per heavy atom. The lowest BCUT2D eigenvalue weighted by molar-refractivity contribution is 0.278. The molecular weight excluding hydrogens is 466 g/mol. The number of aliphatic hydroxyl groups excluding tert-OH is 1. The lowest BCUT2D eigenvalue weighted by atomic mass is 9.99. The molecule has 0 bridgehead atoms. The largest absolute Gasteiger partial charge is 0.493 e. The van der Waals surface area contributed by atoms with E-state index in [1.165, 1.54) is 0 Å². The number of hydrogen-bond acceptors (Lipinski definition) is 6. The van der Waals surface area contributed by atoms with Crippen LogP contribution in [0.3, 0.4) is 0 Å². The maximum atomic E-state index is 9.98. The molecule has 0 fully saturated rings. The van der Waals surface area contributed by atoms with Crippen molar-refractivity contribution in [3.8, 4) is 45.3 Å². The minimum atomic E-state index is -0.0196. The van der Waals surface area contributed by atoms with Crippen LogP contribution in [0.4, 0.5) is 0 Å². The highest BCUT2D eigenvalue weighted by Crippen LogP contribution is 2.42. The minimum absolute atomic E-state index is 0.0196. The lowest BCUT2D eigenvalue weighted by Gasteiger charge is -2.11. The molecule has 1 N–H and O–H groups in total. The maximum absolute atomic E-state index is 9.98. The van der Waals surface area contributed by atoms with E-state index in [-0.39, 0.29) is 6.61 Å². The summed E-state index contributed by atoms with van der Waals surface area (Å²) in [5, 5.41) is 15.6. The summed E-state index contributed by atoms with van der Waals surface area (Å²) in [7, 11) is 3.21. The summed E-state index contributed by atoms with van der Waals surface area (Å²) in [6, 6.07) is 26.0. The van der Waals surface area contributed by atoms with Crippen LogP contribution in [0.2, 0.25) is 0 Å². The molecule has 0 saturated heterocycles. The standard InChI is InChI=1S/C29H25N5O3/c1-36-22-14-13-21(17-23(22)37-2)27-31-29-25-24(19-9-5-3-6-10-19)26(20-11-7-4-8-12-20)33(15-16-35)28(25)30-18-34(29)32-27/h3-14,17-18,35H,15-16H2,1-2H3. The number of aromatic nitrogens is 5. The van der Waals surface area contributed by atoms with Crippen molar-refractivity contribution < 1.29 is 14.6 Å². The summed E-state index contributed by atoms with van der Waals surface area (Å²) in [6.07, 6.45) is 1.67. The summed E-state index contributed by atoms with van der Waals surface area (Å²) in [5.74, 6) is 1.79. The van der Waals surface area contributed by atoms with Crippen molar-refractivity contribution in [1.29, 1.82) is 0 Å². The van der Waals surface area contributed by atoms with Gasteiger partial charge in [0.2, 0.25) is 0 Å². The van der Waals surface area contributed by atoms with E-state index in [0.29, 0.717) is 29.5 Å². The molecule has 0 aliphatic carbocycles. The quantitative estimate of drug-likeness (QED) is 0.335. The number of benzene rings is 3. The van der Waals surface area contributed by atoms with Crippen molar-refractivity contribution in [2.75, 3.05) is 20.8 Å². The minimum Gasteiger partial charge on any atom is -0.493 e. The smallest absolute Gasteiger partial charge is 0.182 e. The van der Waals surface area contributed by atoms with Gasteiger partial charge in [0.25, 0.3) is 0 Å². The van der Waals surface area contributed by atoms with Crippen molar-refractivity contribution in [3.63, 3.8) is 0 Å². The molecule has 0 radical (unpaired) electrons. The average molecular weight is 492 g/mol. The topological polar surface area (TPSA) is 86.7 Å². The molecule has 0 aliphatic heterocycles. The van der Waals surface area contributed by atoms with E-state index in [4.69, 9.17) is 24.5 Å². The second-order valence-corrected chi connectivity index (χ2v) is 8.55. The van der Waals surface area contributed by atoms with Crippen LogP contribution < -0.4 is 9.47 Å². The second-order valence-electron chi connectivity index (χ2n) is 8.55. The first-order valence-corrected chi connectivity index (χ1v) is 11.9. The number of nitrogens with zero attached hydrogens (tertiary/aromatic N) is 5. The van der Waals surface area contributed by atoms with Gasteiger partial charge in [0.05, 0.1) is 31.9 Å². The summed E-state index contributed by atoms with van der Waals surface area (Å²) < 4.78 is 14.6. The fourth-order valence-corrected chi connectivity index (χ4v) is 4.83. The van der Waals surface area contributed by atoms with Gasteiger partial charge in [-0.25, -0.2) is 14.5 Å². The zero-order chi connectivity index (χ0) is 25.4. The van der Waals surface area contributed by atoms with Crippen molar-refractivity contribution in [2.45, 2.75) is 6.54 Å². The van der Waals surface area contributed by atoms with Gasteiger partial charge in [-0.15, -0.1) is 5.10 Å². The van der Waals surface area contributed by atoms with Crippen LogP contribution in [0, 0.1) is 0 Å². The van der Waals surface area contributed by atoms with Crippen LogP contribution >= 0.6 is 0 Å². The van der Waals surface area contributed by atoms with Gasteiger partial charge < -0.3 is 19.1 Å². The van der Waals surface area contributed by atoms with E-state index < -0.39 is 0 Å². The van der Waals surface area contributed by atoms with E-state index in [9.17, 15) is 5.11 Å². The van der Waals surface area contributed by atoms with Crippen LogP contribution in [-0.2, 0) is 6.54 Å². The Labute approximate surface area is 213 Å². The molecule has 0 amide bonds. The molecule has 0 saturated carbocycles. The molecule has 37 heavy (non-hydrogen) atoms. The molecule has 3 aromatic heterocycles. The van der Waals surface area contributed by atoms with Crippen LogP contribution in [-0.4, -0.2) is 50.1 Å². The maximum Gasteiger partial charge on any atom is 0.182 e. The number of rotatable bonds is 7. The number of hydrogen-bond donors (Lipinski definition) is 1. The lowest BCUT2D eigenvalue weighted by Crippen LogP contribution is -2.05. The Morgan fingerprint density at radius 3 is 2.16 bits per heavy atom. The van der Waals surface area contributed by atoms with Gasteiger partial charge in [-0.2, -0.15) is 0 Å². The number of methoxy groups -OCH3 is 2. The number of ether oxygens (including phenoxy) is 2. The fraction of sp³-hybridized carbons (Fsp3) is 0.138. The average Bonchev–Trinajstić information content (AvgIpc) is 3.53. The van der Waals surface area contributed by atoms with E-state index in [1.54, 1.807) is 25.1 Å². The highest BCUT2D eigenvalue weighted by molar-refractivity contribution is 6.09. The molecule has 0 atom stereocenters. The van der Waals surface area contributed by atoms with Crippen LogP contribution in [0.1, 0.15) is 0 Å². The van der Waals surface area contributed by atoms with Crippen molar-refractivity contribution in [3.05, 3.63) is 85.2 Å². The second kappa shape index (κ2) is 9.40. The van der Waals surface area contributed by atoms with Gasteiger partial charge in [0.1, 0.15) is 12.0 Å². The van der Waals surface area contributed by atoms with Gasteiger partial charge in [-0.3, -0.25) is 0 Å². The number of aliphatic hydroxyl groups is 1. The highest BCUT2D eigenvalue weighted by Gasteiger charge is 2.24. The van der Waals surface area contributed by atoms with E-state index in [1.807, 2.05) is 54.6 Å². The monoisotopic (exact) mass is 491 g/mol. The van der Waals surface area contributed by atoms with Crippen LogP contribution in [0.5, 0.6) is 11.5 Å². The fourth-order valence-electron chi connectivity index (χ4n) is 4.83. The third-order valence-electron chi connectivity index (χ3n) is 6.46. The van der Waals surface area contributed by atoms with Crippen LogP contribution in [0.25, 0.3) is 50.5 Å². The molecule has 6 rings (SSSR count). The molecule has 6 aromatic rings. The van der Waals surface area contributed by atoms with Gasteiger partial charge in [0, 0.05) is 17.7 Å². The Morgan fingerprint density at radius 2 is 1.49 bits per heavy atom. The molecular formula is C29H25N5O3. The first-order valence-electron chi connectivity index (χ1n) is 11.9. The Hall–Kier alpha value is -4.69. The molecule has 3 heterocycles.